The molecular formula is C9H14BrN3O. The maximum Gasteiger partial charge on any atom is 0.240 e. The molecule has 0 atom stereocenters. The first kappa shape index (κ1) is 11.2. The summed E-state index contributed by atoms with van der Waals surface area (Å²) in [4.78, 5) is 11.6. The summed E-state index contributed by atoms with van der Waals surface area (Å²) < 4.78 is -0.566. The molecule has 0 aromatic carbocycles. The van der Waals surface area contributed by atoms with Crippen molar-refractivity contribution in [3.8, 4) is 0 Å². The summed E-state index contributed by atoms with van der Waals surface area (Å²) in [6, 6.07) is 0. The average molecular weight is 260 g/mol. The lowest BCUT2D eigenvalue weighted by Crippen LogP contribution is -2.31. The van der Waals surface area contributed by atoms with Gasteiger partial charge in [0, 0.05) is 0 Å². The highest BCUT2D eigenvalue weighted by Gasteiger charge is 2.24. The number of hydrogen-bond acceptors (Lipinski definition) is 2. The molecule has 1 heterocycles. The molecule has 0 aliphatic heterocycles. The zero-order valence-electron chi connectivity index (χ0n) is 8.73. The lowest BCUT2D eigenvalue weighted by Gasteiger charge is -2.15. The number of halogens is 1. The second-order valence-electron chi connectivity index (χ2n) is 3.74. The molecule has 14 heavy (non-hydrogen) atoms. The van der Waals surface area contributed by atoms with Crippen LogP contribution in [0.3, 0.4) is 0 Å². The summed E-state index contributed by atoms with van der Waals surface area (Å²) in [5.74, 6) is -0.0786. The Hall–Kier alpha value is -0.840. The molecule has 0 bridgehead atoms. The van der Waals surface area contributed by atoms with Crippen molar-refractivity contribution in [2.45, 2.75) is 32.0 Å². The van der Waals surface area contributed by atoms with Crippen molar-refractivity contribution in [2.24, 2.45) is 0 Å². The van der Waals surface area contributed by atoms with Crippen LogP contribution in [0.25, 0.3) is 0 Å². The quantitative estimate of drug-likeness (QED) is 0.800. The second kappa shape index (κ2) is 3.73. The molecule has 0 aliphatic rings. The summed E-state index contributed by atoms with van der Waals surface area (Å²) >= 11 is 3.30. The van der Waals surface area contributed by atoms with Gasteiger partial charge < -0.3 is 5.32 Å². The van der Waals surface area contributed by atoms with Crippen molar-refractivity contribution in [1.82, 2.24) is 10.2 Å². The third-order valence-corrected chi connectivity index (χ3v) is 2.27. The fourth-order valence-corrected chi connectivity index (χ4v) is 1.10. The Labute approximate surface area is 91.6 Å². The first-order valence-corrected chi connectivity index (χ1v) is 5.13. The Morgan fingerprint density at radius 3 is 2.43 bits per heavy atom. The Morgan fingerprint density at radius 2 is 2.07 bits per heavy atom. The minimum absolute atomic E-state index is 0.0786. The van der Waals surface area contributed by atoms with Gasteiger partial charge in [0.15, 0.2) is 0 Å². The van der Waals surface area contributed by atoms with Crippen molar-refractivity contribution in [3.63, 3.8) is 0 Å². The average Bonchev–Trinajstić information content (AvgIpc) is 2.34. The second-order valence-corrected chi connectivity index (χ2v) is 5.72. The van der Waals surface area contributed by atoms with Gasteiger partial charge in [0.05, 0.1) is 21.4 Å². The minimum Gasteiger partial charge on any atom is -0.322 e. The van der Waals surface area contributed by atoms with Gasteiger partial charge in [-0.3, -0.25) is 9.89 Å². The van der Waals surface area contributed by atoms with Gasteiger partial charge in [-0.15, -0.1) is 0 Å². The Bertz CT molecular complexity index is 332. The van der Waals surface area contributed by atoms with Gasteiger partial charge in [0.2, 0.25) is 5.91 Å². The summed E-state index contributed by atoms with van der Waals surface area (Å²) in [7, 11) is 0. The standard InChI is InChI=1S/C9H14BrN3O/c1-5-7(6(2)13-12-5)11-8(14)9(3,4)10/h1-4H3,(H,11,14)(H,12,13). The zero-order chi connectivity index (χ0) is 10.9. The molecule has 0 fully saturated rings. The van der Waals surface area contributed by atoms with Gasteiger partial charge in [-0.05, 0) is 27.7 Å². The largest absolute Gasteiger partial charge is 0.322 e. The Kier molecular flexibility index (Phi) is 2.99. The zero-order valence-corrected chi connectivity index (χ0v) is 10.3. The van der Waals surface area contributed by atoms with Gasteiger partial charge in [-0.25, -0.2) is 0 Å². The number of nitrogens with zero attached hydrogens (tertiary/aromatic N) is 1. The summed E-state index contributed by atoms with van der Waals surface area (Å²) in [6.07, 6.45) is 0. The van der Waals surface area contributed by atoms with Crippen LogP contribution >= 0.6 is 15.9 Å². The van der Waals surface area contributed by atoms with E-state index in [1.54, 1.807) is 13.8 Å². The molecule has 1 amide bonds. The van der Waals surface area contributed by atoms with E-state index in [0.717, 1.165) is 17.1 Å². The highest BCUT2D eigenvalue weighted by atomic mass is 79.9. The first-order chi connectivity index (χ1) is 6.32. The van der Waals surface area contributed by atoms with Crippen LogP contribution in [0.4, 0.5) is 5.69 Å². The smallest absolute Gasteiger partial charge is 0.240 e. The Morgan fingerprint density at radius 1 is 1.50 bits per heavy atom. The fraction of sp³-hybridized carbons (Fsp3) is 0.556. The molecule has 0 spiro atoms. The molecule has 0 saturated heterocycles. The van der Waals surface area contributed by atoms with E-state index in [0.29, 0.717) is 0 Å². The molecule has 0 saturated carbocycles. The predicted octanol–water partition coefficient (Wildman–Crippen LogP) is 2.14. The number of carbonyl (C=O) groups is 1. The first-order valence-electron chi connectivity index (χ1n) is 4.34. The third kappa shape index (κ3) is 2.35. The van der Waals surface area contributed by atoms with Gasteiger partial charge >= 0.3 is 0 Å². The number of hydrogen-bond donors (Lipinski definition) is 2. The van der Waals surface area contributed by atoms with E-state index >= 15 is 0 Å². The molecule has 1 rings (SSSR count). The SMILES string of the molecule is Cc1n[nH]c(C)c1NC(=O)C(C)(C)Br. The van der Waals surface area contributed by atoms with Gasteiger partial charge in [-0.1, -0.05) is 15.9 Å². The topological polar surface area (TPSA) is 57.8 Å². The Balaban J connectivity index is 2.85. The number of aryl methyl sites for hydroxylation is 2. The molecule has 0 unspecified atom stereocenters. The van der Waals surface area contributed by atoms with Crippen LogP contribution in [0.5, 0.6) is 0 Å². The molecular weight excluding hydrogens is 246 g/mol. The number of alkyl halides is 1. The summed E-state index contributed by atoms with van der Waals surface area (Å²) in [5.41, 5.74) is 2.43. The van der Waals surface area contributed by atoms with E-state index in [-0.39, 0.29) is 5.91 Å². The van der Waals surface area contributed by atoms with Crippen molar-refractivity contribution in [1.29, 1.82) is 0 Å². The number of rotatable bonds is 2. The lowest BCUT2D eigenvalue weighted by molar-refractivity contribution is -0.117. The fourth-order valence-electron chi connectivity index (χ4n) is 0.997. The summed E-state index contributed by atoms with van der Waals surface area (Å²) in [6.45, 7) is 7.32. The lowest BCUT2D eigenvalue weighted by atomic mass is 10.2. The number of aromatic nitrogens is 2. The molecule has 1 aromatic rings. The molecule has 4 nitrogen and oxygen atoms in total. The van der Waals surface area contributed by atoms with Crippen molar-refractivity contribution >= 4 is 27.5 Å². The van der Waals surface area contributed by atoms with Crippen LogP contribution in [0.15, 0.2) is 0 Å². The number of carbonyl (C=O) groups excluding carboxylic acids is 1. The van der Waals surface area contributed by atoms with E-state index < -0.39 is 4.32 Å². The normalized spacial score (nSPS) is 11.5. The minimum atomic E-state index is -0.566. The maximum atomic E-state index is 11.6. The van der Waals surface area contributed by atoms with Gasteiger partial charge in [0.25, 0.3) is 0 Å². The van der Waals surface area contributed by atoms with Crippen LogP contribution in [0, 0.1) is 13.8 Å². The maximum absolute atomic E-state index is 11.6. The predicted molar refractivity (Wildman–Crippen MR) is 59.7 cm³/mol. The molecule has 0 aliphatic carbocycles. The van der Waals surface area contributed by atoms with Crippen LogP contribution in [0.1, 0.15) is 25.2 Å². The highest BCUT2D eigenvalue weighted by molar-refractivity contribution is 9.10. The van der Waals surface area contributed by atoms with Crippen LogP contribution in [0.2, 0.25) is 0 Å². The molecule has 0 radical (unpaired) electrons. The summed E-state index contributed by atoms with van der Waals surface area (Å²) in [5, 5.41) is 9.63. The number of aromatic amines is 1. The highest BCUT2D eigenvalue weighted by Crippen LogP contribution is 2.21. The van der Waals surface area contributed by atoms with Crippen LogP contribution in [-0.4, -0.2) is 20.4 Å². The van der Waals surface area contributed by atoms with Gasteiger partial charge in [0.1, 0.15) is 0 Å². The van der Waals surface area contributed by atoms with Crippen LogP contribution in [-0.2, 0) is 4.79 Å². The van der Waals surface area contributed by atoms with E-state index in [1.165, 1.54) is 0 Å². The van der Waals surface area contributed by atoms with E-state index in [2.05, 4.69) is 31.4 Å². The number of H-pyrrole nitrogens is 1. The van der Waals surface area contributed by atoms with Crippen molar-refractivity contribution in [3.05, 3.63) is 11.4 Å². The monoisotopic (exact) mass is 259 g/mol. The molecule has 2 N–H and O–H groups in total. The van der Waals surface area contributed by atoms with Crippen molar-refractivity contribution < 1.29 is 4.79 Å². The van der Waals surface area contributed by atoms with Crippen LogP contribution < -0.4 is 5.32 Å². The third-order valence-electron chi connectivity index (χ3n) is 1.91. The molecule has 78 valence electrons. The van der Waals surface area contributed by atoms with E-state index in [4.69, 9.17) is 0 Å². The molecule has 5 heteroatoms. The van der Waals surface area contributed by atoms with Gasteiger partial charge in [-0.2, -0.15) is 5.10 Å². The number of amides is 1. The van der Waals surface area contributed by atoms with Crippen molar-refractivity contribution in [2.75, 3.05) is 5.32 Å². The van der Waals surface area contributed by atoms with E-state index in [1.807, 2.05) is 13.8 Å². The van der Waals surface area contributed by atoms with E-state index in [9.17, 15) is 4.79 Å². The molecule has 1 aromatic heterocycles. The number of nitrogens with one attached hydrogen (secondary N) is 2. The number of anilines is 1.